The number of amides is 1. The lowest BCUT2D eigenvalue weighted by molar-refractivity contribution is -0.129. The quantitative estimate of drug-likeness (QED) is 0.778. The molecule has 2 atom stereocenters. The average Bonchev–Trinajstić information content (AvgIpc) is 2.36. The Kier molecular flexibility index (Phi) is 5.21. The van der Waals surface area contributed by atoms with Crippen LogP contribution in [0.2, 0.25) is 0 Å². The van der Waals surface area contributed by atoms with E-state index in [0.717, 1.165) is 12.8 Å². The van der Waals surface area contributed by atoms with Gasteiger partial charge in [-0.25, -0.2) is 8.78 Å². The number of alkyl halides is 3. The van der Waals surface area contributed by atoms with Crippen LogP contribution in [-0.2, 0) is 4.79 Å². The first-order chi connectivity index (χ1) is 8.96. The highest BCUT2D eigenvalue weighted by molar-refractivity contribution is 9.09. The van der Waals surface area contributed by atoms with E-state index in [1.807, 2.05) is 0 Å². The summed E-state index contributed by atoms with van der Waals surface area (Å²) in [7, 11) is 0. The van der Waals surface area contributed by atoms with Crippen LogP contribution in [0, 0.1) is 11.8 Å². The molecule has 2 nitrogen and oxygen atoms in total. The molecule has 1 N–H and O–H groups in total. The molecule has 2 aliphatic rings. The first-order valence-electron chi connectivity index (χ1n) is 7.26. The Morgan fingerprint density at radius 3 is 2.53 bits per heavy atom. The van der Waals surface area contributed by atoms with Gasteiger partial charge in [0, 0.05) is 30.1 Å². The minimum Gasteiger partial charge on any atom is -0.356 e. The second kappa shape index (κ2) is 6.51. The topological polar surface area (TPSA) is 29.1 Å². The summed E-state index contributed by atoms with van der Waals surface area (Å²) in [5, 5.41) is 2.97. The fourth-order valence-electron chi connectivity index (χ4n) is 3.10. The maximum Gasteiger partial charge on any atom is 0.248 e. The molecule has 0 radical (unpaired) electrons. The predicted molar refractivity (Wildman–Crippen MR) is 74.6 cm³/mol. The maximum atomic E-state index is 13.0. The lowest BCUT2D eigenvalue weighted by Gasteiger charge is -2.29. The van der Waals surface area contributed by atoms with Gasteiger partial charge in [-0.05, 0) is 38.0 Å². The summed E-state index contributed by atoms with van der Waals surface area (Å²) >= 11 is 3.63. The fourth-order valence-corrected chi connectivity index (χ4v) is 3.95. The molecule has 19 heavy (non-hydrogen) atoms. The highest BCUT2D eigenvalue weighted by Crippen LogP contribution is 2.36. The van der Waals surface area contributed by atoms with Crippen molar-refractivity contribution in [3.05, 3.63) is 0 Å². The number of nitrogens with one attached hydrogen (secondary N) is 1. The molecular formula is C14H22BrF2NO. The zero-order valence-electron chi connectivity index (χ0n) is 11.1. The molecule has 0 heterocycles. The van der Waals surface area contributed by atoms with Crippen molar-refractivity contribution in [1.82, 2.24) is 5.32 Å². The molecule has 2 saturated carbocycles. The van der Waals surface area contributed by atoms with Gasteiger partial charge in [0.1, 0.15) is 0 Å². The zero-order valence-corrected chi connectivity index (χ0v) is 12.7. The number of carbonyl (C=O) groups is 1. The van der Waals surface area contributed by atoms with E-state index in [4.69, 9.17) is 0 Å². The molecule has 0 aromatic carbocycles. The van der Waals surface area contributed by atoms with Crippen LogP contribution in [0.25, 0.3) is 0 Å². The van der Waals surface area contributed by atoms with Crippen molar-refractivity contribution in [3.8, 4) is 0 Å². The summed E-state index contributed by atoms with van der Waals surface area (Å²) in [6, 6.07) is 0. The van der Waals surface area contributed by atoms with Gasteiger partial charge in [-0.2, -0.15) is 0 Å². The summed E-state index contributed by atoms with van der Waals surface area (Å²) in [6.45, 7) is 0.702. The Hall–Kier alpha value is -0.190. The maximum absolute atomic E-state index is 13.0. The van der Waals surface area contributed by atoms with Gasteiger partial charge in [-0.1, -0.05) is 22.4 Å². The average molecular weight is 338 g/mol. The largest absolute Gasteiger partial charge is 0.356 e. The third-order valence-corrected chi connectivity index (χ3v) is 5.20. The van der Waals surface area contributed by atoms with Crippen LogP contribution in [0.5, 0.6) is 0 Å². The van der Waals surface area contributed by atoms with E-state index >= 15 is 0 Å². The van der Waals surface area contributed by atoms with Gasteiger partial charge < -0.3 is 5.32 Å². The van der Waals surface area contributed by atoms with E-state index < -0.39 is 5.92 Å². The molecule has 0 spiro atoms. The molecule has 1 amide bonds. The van der Waals surface area contributed by atoms with Gasteiger partial charge in [0.25, 0.3) is 0 Å². The van der Waals surface area contributed by atoms with Gasteiger partial charge in [0.15, 0.2) is 0 Å². The minimum absolute atomic E-state index is 0.0211. The number of carbonyl (C=O) groups excluding carboxylic acids is 1. The Morgan fingerprint density at radius 1 is 1.21 bits per heavy atom. The van der Waals surface area contributed by atoms with E-state index in [2.05, 4.69) is 21.2 Å². The van der Waals surface area contributed by atoms with Crippen LogP contribution >= 0.6 is 15.9 Å². The Morgan fingerprint density at radius 2 is 1.89 bits per heavy atom. The molecule has 0 aromatic rings. The predicted octanol–water partition coefficient (Wildman–Crippen LogP) is 3.88. The molecule has 2 aliphatic carbocycles. The van der Waals surface area contributed by atoms with E-state index in [1.165, 1.54) is 12.8 Å². The van der Waals surface area contributed by atoms with E-state index in [1.54, 1.807) is 0 Å². The molecule has 5 heteroatoms. The lowest BCUT2D eigenvalue weighted by Crippen LogP contribution is -2.38. The third-order valence-electron chi connectivity index (χ3n) is 4.37. The SMILES string of the molecule is O=C(NCC1CCCC(Br)C1)C1CCC(F)(F)CC1. The van der Waals surface area contributed by atoms with Crippen LogP contribution < -0.4 is 5.32 Å². The smallest absolute Gasteiger partial charge is 0.248 e. The number of halogens is 3. The minimum atomic E-state index is -2.55. The zero-order chi connectivity index (χ0) is 13.9. The monoisotopic (exact) mass is 337 g/mol. The standard InChI is InChI=1S/C14H22BrF2NO/c15-12-3-1-2-10(8-12)9-18-13(19)11-4-6-14(16,17)7-5-11/h10-12H,1-9H2,(H,18,19). The molecule has 0 saturated heterocycles. The number of rotatable bonds is 3. The molecule has 0 aromatic heterocycles. The second-order valence-electron chi connectivity index (χ2n) is 6.01. The van der Waals surface area contributed by atoms with Crippen molar-refractivity contribution < 1.29 is 13.6 Å². The third kappa shape index (κ3) is 4.69. The highest BCUT2D eigenvalue weighted by atomic mass is 79.9. The molecule has 0 aliphatic heterocycles. The van der Waals surface area contributed by atoms with E-state index in [9.17, 15) is 13.6 Å². The van der Waals surface area contributed by atoms with Gasteiger partial charge >= 0.3 is 0 Å². The van der Waals surface area contributed by atoms with Crippen LogP contribution in [0.15, 0.2) is 0 Å². The normalized spacial score (nSPS) is 31.9. The van der Waals surface area contributed by atoms with Crippen LogP contribution in [-0.4, -0.2) is 23.2 Å². The van der Waals surface area contributed by atoms with Crippen molar-refractivity contribution >= 4 is 21.8 Å². The van der Waals surface area contributed by atoms with Crippen molar-refractivity contribution in [2.45, 2.75) is 62.1 Å². The Bertz CT molecular complexity index is 315. The number of hydrogen-bond donors (Lipinski definition) is 1. The van der Waals surface area contributed by atoms with Crippen molar-refractivity contribution in [2.24, 2.45) is 11.8 Å². The second-order valence-corrected chi connectivity index (χ2v) is 7.30. The van der Waals surface area contributed by atoms with Gasteiger partial charge in [-0.3, -0.25) is 4.79 Å². The first-order valence-corrected chi connectivity index (χ1v) is 8.17. The molecule has 2 fully saturated rings. The molecule has 110 valence electrons. The summed E-state index contributed by atoms with van der Waals surface area (Å²) in [6.07, 6.45) is 5.04. The van der Waals surface area contributed by atoms with Gasteiger partial charge in [0.2, 0.25) is 11.8 Å². The number of hydrogen-bond acceptors (Lipinski definition) is 1. The van der Waals surface area contributed by atoms with Crippen LogP contribution in [0.3, 0.4) is 0 Å². The van der Waals surface area contributed by atoms with Gasteiger partial charge in [-0.15, -0.1) is 0 Å². The van der Waals surface area contributed by atoms with Crippen molar-refractivity contribution in [3.63, 3.8) is 0 Å². The summed E-state index contributed by atoms with van der Waals surface area (Å²) in [5.41, 5.74) is 0. The highest BCUT2D eigenvalue weighted by Gasteiger charge is 2.37. The van der Waals surface area contributed by atoms with Gasteiger partial charge in [0.05, 0.1) is 0 Å². The lowest BCUT2D eigenvalue weighted by atomic mass is 9.85. The Labute approximate surface area is 121 Å². The summed E-state index contributed by atoms with van der Waals surface area (Å²) in [4.78, 5) is 12.5. The van der Waals surface area contributed by atoms with E-state index in [-0.39, 0.29) is 24.7 Å². The Balaban J connectivity index is 1.70. The van der Waals surface area contributed by atoms with E-state index in [0.29, 0.717) is 30.1 Å². The van der Waals surface area contributed by atoms with Crippen LogP contribution in [0.4, 0.5) is 8.78 Å². The molecule has 0 bridgehead atoms. The summed E-state index contributed by atoms with van der Waals surface area (Å²) in [5.74, 6) is -2.24. The molecular weight excluding hydrogens is 316 g/mol. The molecule has 2 rings (SSSR count). The van der Waals surface area contributed by atoms with Crippen LogP contribution in [0.1, 0.15) is 51.4 Å². The molecule has 2 unspecified atom stereocenters. The fraction of sp³-hybridized carbons (Fsp3) is 0.929. The first kappa shape index (κ1) is 15.2. The van der Waals surface area contributed by atoms with Crippen molar-refractivity contribution in [2.75, 3.05) is 6.54 Å². The van der Waals surface area contributed by atoms with Crippen molar-refractivity contribution in [1.29, 1.82) is 0 Å². The summed E-state index contributed by atoms with van der Waals surface area (Å²) < 4.78 is 26.0.